The predicted octanol–water partition coefficient (Wildman–Crippen LogP) is 2.36. The summed E-state index contributed by atoms with van der Waals surface area (Å²) < 4.78 is 29.7. The van der Waals surface area contributed by atoms with Crippen LogP contribution in [-0.4, -0.2) is 64.5 Å². The summed E-state index contributed by atoms with van der Waals surface area (Å²) in [5.41, 5.74) is -0.0222. The van der Waals surface area contributed by atoms with Crippen LogP contribution in [0.2, 0.25) is 0 Å². The Bertz CT molecular complexity index is 758. The van der Waals surface area contributed by atoms with Gasteiger partial charge in [-0.25, -0.2) is 0 Å². The Hall–Kier alpha value is -2.71. The summed E-state index contributed by atoms with van der Waals surface area (Å²) in [7, 11) is 0. The molecule has 2 amide bonds. The first-order chi connectivity index (χ1) is 13.4. The molecule has 9 heteroatoms. The van der Waals surface area contributed by atoms with Crippen molar-refractivity contribution in [2.45, 2.75) is 50.8 Å². The van der Waals surface area contributed by atoms with Gasteiger partial charge in [-0.1, -0.05) is 12.1 Å². The van der Waals surface area contributed by atoms with Gasteiger partial charge in [0.1, 0.15) is 11.8 Å². The first-order valence-electron chi connectivity index (χ1n) is 9.25. The summed E-state index contributed by atoms with van der Waals surface area (Å²) in [6.07, 6.45) is 2.27. The number of hydrogen-bond donors (Lipinski definition) is 1. The molecule has 2 atom stereocenters. The number of carboxylic acids is 1. The zero-order valence-corrected chi connectivity index (χ0v) is 15.2. The Morgan fingerprint density at radius 2 is 1.79 bits per heavy atom. The standard InChI is InChI=1S/C19H22F2N2O5/c20-19(21)28-15-8-2-1-6-13(15)17(26)23-10-4-7-14(23)18(27)22-9-3-5-12(22)11-16(24)25/h1-2,6,8,12,14,19H,3-5,7,9-11H2,(H,24,25). The minimum absolute atomic E-state index is 0.0222. The highest BCUT2D eigenvalue weighted by Gasteiger charge is 2.41. The quantitative estimate of drug-likeness (QED) is 0.798. The molecule has 2 unspecified atom stereocenters. The number of aliphatic carboxylic acids is 1. The largest absolute Gasteiger partial charge is 0.481 e. The van der Waals surface area contributed by atoms with Gasteiger partial charge in [0.2, 0.25) is 5.91 Å². The molecule has 0 aliphatic carbocycles. The molecule has 2 saturated heterocycles. The average Bonchev–Trinajstić information content (AvgIpc) is 3.29. The number of amides is 2. The van der Waals surface area contributed by atoms with Crippen LogP contribution >= 0.6 is 0 Å². The third-order valence-corrected chi connectivity index (χ3v) is 5.20. The monoisotopic (exact) mass is 396 g/mol. The average molecular weight is 396 g/mol. The van der Waals surface area contributed by atoms with Gasteiger partial charge in [0.05, 0.1) is 12.0 Å². The lowest BCUT2D eigenvalue weighted by molar-refractivity contribution is -0.141. The number of alkyl halides is 2. The van der Waals surface area contributed by atoms with Crippen LogP contribution in [0.25, 0.3) is 0 Å². The number of rotatable bonds is 6. The maximum atomic E-state index is 13.0. The molecular weight excluding hydrogens is 374 g/mol. The van der Waals surface area contributed by atoms with E-state index in [9.17, 15) is 23.2 Å². The maximum absolute atomic E-state index is 13.0. The van der Waals surface area contributed by atoms with Gasteiger partial charge in [-0.05, 0) is 37.8 Å². The zero-order chi connectivity index (χ0) is 20.3. The van der Waals surface area contributed by atoms with Crippen LogP contribution < -0.4 is 4.74 Å². The van der Waals surface area contributed by atoms with E-state index >= 15 is 0 Å². The van der Waals surface area contributed by atoms with Crippen LogP contribution in [0.1, 0.15) is 42.5 Å². The SMILES string of the molecule is O=C(O)CC1CCCN1C(=O)C1CCCN1C(=O)c1ccccc1OC(F)F. The second kappa shape index (κ2) is 8.53. The topological polar surface area (TPSA) is 87.2 Å². The van der Waals surface area contributed by atoms with Crippen LogP contribution in [0.5, 0.6) is 5.75 Å². The normalized spacial score (nSPS) is 22.0. The fraction of sp³-hybridized carbons (Fsp3) is 0.526. The van der Waals surface area contributed by atoms with Crippen LogP contribution in [-0.2, 0) is 9.59 Å². The molecule has 0 bridgehead atoms. The van der Waals surface area contributed by atoms with Crippen molar-refractivity contribution in [3.63, 3.8) is 0 Å². The van der Waals surface area contributed by atoms with Gasteiger partial charge < -0.3 is 19.6 Å². The highest BCUT2D eigenvalue weighted by molar-refractivity contribution is 6.00. The molecular formula is C19H22F2N2O5. The lowest BCUT2D eigenvalue weighted by Crippen LogP contribution is -2.49. The number of nitrogens with zero attached hydrogens (tertiary/aromatic N) is 2. The number of carbonyl (C=O) groups excluding carboxylic acids is 2. The van der Waals surface area contributed by atoms with Gasteiger partial charge in [-0.15, -0.1) is 0 Å². The summed E-state index contributed by atoms with van der Waals surface area (Å²) in [5.74, 6) is -2.02. The highest BCUT2D eigenvalue weighted by Crippen LogP contribution is 2.29. The number of para-hydroxylation sites is 1. The minimum atomic E-state index is -3.06. The first-order valence-corrected chi connectivity index (χ1v) is 9.25. The predicted molar refractivity (Wildman–Crippen MR) is 94.1 cm³/mol. The van der Waals surface area contributed by atoms with Crippen LogP contribution in [0.4, 0.5) is 8.78 Å². The summed E-state index contributed by atoms with van der Waals surface area (Å²) >= 11 is 0. The van der Waals surface area contributed by atoms with E-state index in [1.807, 2.05) is 0 Å². The van der Waals surface area contributed by atoms with Gasteiger partial charge >= 0.3 is 12.6 Å². The molecule has 0 radical (unpaired) electrons. The molecule has 0 spiro atoms. The molecule has 2 fully saturated rings. The van der Waals surface area contributed by atoms with Crippen molar-refractivity contribution >= 4 is 17.8 Å². The maximum Gasteiger partial charge on any atom is 0.387 e. The van der Waals surface area contributed by atoms with Crippen LogP contribution in [0, 0.1) is 0 Å². The first kappa shape index (κ1) is 20.0. The number of benzene rings is 1. The van der Waals surface area contributed by atoms with Gasteiger partial charge in [-0.3, -0.25) is 14.4 Å². The van der Waals surface area contributed by atoms with Gasteiger partial charge in [0, 0.05) is 19.1 Å². The van der Waals surface area contributed by atoms with Crippen molar-refractivity contribution in [3.8, 4) is 5.75 Å². The van der Waals surface area contributed by atoms with Gasteiger partial charge in [-0.2, -0.15) is 8.78 Å². The molecule has 1 N–H and O–H groups in total. The van der Waals surface area contributed by atoms with Crippen LogP contribution in [0.15, 0.2) is 24.3 Å². The number of hydrogen-bond acceptors (Lipinski definition) is 4. The summed E-state index contributed by atoms with van der Waals surface area (Å²) in [6.45, 7) is -2.28. The molecule has 1 aromatic rings. The van der Waals surface area contributed by atoms with E-state index in [0.29, 0.717) is 32.4 Å². The Morgan fingerprint density at radius 3 is 2.50 bits per heavy atom. The van der Waals surface area contributed by atoms with Crippen molar-refractivity contribution in [2.24, 2.45) is 0 Å². The van der Waals surface area contributed by atoms with Gasteiger partial charge in [0.25, 0.3) is 5.91 Å². The van der Waals surface area contributed by atoms with E-state index in [4.69, 9.17) is 5.11 Å². The summed E-state index contributed by atoms with van der Waals surface area (Å²) in [4.78, 5) is 40.0. The lowest BCUT2D eigenvalue weighted by Gasteiger charge is -2.31. The number of ether oxygens (including phenoxy) is 1. The number of carboxylic acid groups (broad SMARTS) is 1. The Morgan fingerprint density at radius 1 is 1.11 bits per heavy atom. The van der Waals surface area contributed by atoms with E-state index in [2.05, 4.69) is 4.74 Å². The molecule has 0 saturated carbocycles. The number of likely N-dealkylation sites (tertiary alicyclic amines) is 2. The molecule has 7 nitrogen and oxygen atoms in total. The molecule has 3 rings (SSSR count). The molecule has 2 heterocycles. The van der Waals surface area contributed by atoms with E-state index in [1.54, 1.807) is 11.0 Å². The zero-order valence-electron chi connectivity index (χ0n) is 15.2. The van der Waals surface area contributed by atoms with Crippen molar-refractivity contribution in [3.05, 3.63) is 29.8 Å². The second-order valence-electron chi connectivity index (χ2n) is 6.96. The van der Waals surface area contributed by atoms with E-state index < -0.39 is 24.5 Å². The fourth-order valence-corrected chi connectivity index (χ4v) is 3.99. The minimum Gasteiger partial charge on any atom is -0.481 e. The smallest absolute Gasteiger partial charge is 0.387 e. The summed E-state index contributed by atoms with van der Waals surface area (Å²) in [5, 5.41) is 9.05. The van der Waals surface area contributed by atoms with E-state index in [-0.39, 0.29) is 29.7 Å². The Labute approximate surface area is 160 Å². The third kappa shape index (κ3) is 4.23. The number of carbonyl (C=O) groups is 3. The van der Waals surface area contributed by atoms with Gasteiger partial charge in [0.15, 0.2) is 0 Å². The van der Waals surface area contributed by atoms with Crippen molar-refractivity contribution < 1.29 is 33.0 Å². The lowest BCUT2D eigenvalue weighted by atomic mass is 10.1. The second-order valence-corrected chi connectivity index (χ2v) is 6.96. The third-order valence-electron chi connectivity index (χ3n) is 5.20. The van der Waals surface area contributed by atoms with Crippen LogP contribution in [0.3, 0.4) is 0 Å². The van der Waals surface area contributed by atoms with Crippen molar-refractivity contribution in [1.29, 1.82) is 0 Å². The fourth-order valence-electron chi connectivity index (χ4n) is 3.99. The van der Waals surface area contributed by atoms with Crippen molar-refractivity contribution in [2.75, 3.05) is 13.1 Å². The summed E-state index contributed by atoms with van der Waals surface area (Å²) in [6, 6.07) is 4.61. The van der Waals surface area contributed by atoms with E-state index in [1.165, 1.54) is 23.1 Å². The van der Waals surface area contributed by atoms with E-state index in [0.717, 1.165) is 6.42 Å². The molecule has 2 aliphatic rings. The van der Waals surface area contributed by atoms with Crippen molar-refractivity contribution in [1.82, 2.24) is 9.80 Å². The molecule has 2 aliphatic heterocycles. The molecule has 1 aromatic carbocycles. The molecule has 0 aromatic heterocycles. The Kier molecular flexibility index (Phi) is 6.11. The molecule has 152 valence electrons. The molecule has 28 heavy (non-hydrogen) atoms. The number of halogens is 2. The Balaban J connectivity index is 1.78. The highest BCUT2D eigenvalue weighted by atomic mass is 19.3.